The van der Waals surface area contributed by atoms with Crippen LogP contribution in [0.5, 0.6) is 5.75 Å². The number of halogens is 1. The second-order valence-corrected chi connectivity index (χ2v) is 5.98. The fourth-order valence-electron chi connectivity index (χ4n) is 2.26. The second kappa shape index (κ2) is 6.87. The van der Waals surface area contributed by atoms with Gasteiger partial charge in [0.2, 0.25) is 0 Å². The van der Waals surface area contributed by atoms with Gasteiger partial charge in [0.25, 0.3) is 5.91 Å². The van der Waals surface area contributed by atoms with Crippen molar-refractivity contribution in [2.24, 2.45) is 11.0 Å². The summed E-state index contributed by atoms with van der Waals surface area (Å²) < 4.78 is 11.0. The molecule has 0 bridgehead atoms. The van der Waals surface area contributed by atoms with Crippen molar-refractivity contribution in [1.82, 2.24) is 5.43 Å². The van der Waals surface area contributed by atoms with E-state index in [1.807, 2.05) is 12.1 Å². The van der Waals surface area contributed by atoms with E-state index in [9.17, 15) is 4.79 Å². The van der Waals surface area contributed by atoms with E-state index in [4.69, 9.17) is 20.8 Å². The van der Waals surface area contributed by atoms with Gasteiger partial charge in [-0.1, -0.05) is 30.7 Å². The molecule has 1 aliphatic rings. The van der Waals surface area contributed by atoms with Crippen LogP contribution >= 0.6 is 11.6 Å². The highest BCUT2D eigenvalue weighted by Gasteiger charge is 2.36. The van der Waals surface area contributed by atoms with E-state index in [1.54, 1.807) is 24.3 Å². The maximum atomic E-state index is 11.7. The Hall–Kier alpha value is -2.27. The number of carbonyl (C=O) groups excluding carboxylic acids is 1. The van der Waals surface area contributed by atoms with E-state index in [2.05, 4.69) is 17.5 Å². The molecule has 120 valence electrons. The van der Waals surface area contributed by atoms with Crippen molar-refractivity contribution in [2.75, 3.05) is 6.61 Å². The third-order valence-electron chi connectivity index (χ3n) is 3.70. The molecule has 0 spiro atoms. The largest absolute Gasteiger partial charge is 0.482 e. The Balaban J connectivity index is 1.45. The number of carbonyl (C=O) groups is 1. The van der Waals surface area contributed by atoms with Crippen LogP contribution in [-0.2, 0) is 4.79 Å². The van der Waals surface area contributed by atoms with Gasteiger partial charge in [-0.2, -0.15) is 5.10 Å². The number of para-hydroxylation sites is 1. The van der Waals surface area contributed by atoms with Gasteiger partial charge >= 0.3 is 0 Å². The van der Waals surface area contributed by atoms with E-state index in [0.29, 0.717) is 28.4 Å². The van der Waals surface area contributed by atoms with Gasteiger partial charge in [0, 0.05) is 5.92 Å². The molecule has 0 unspecified atom stereocenters. The van der Waals surface area contributed by atoms with Crippen molar-refractivity contribution >= 4 is 23.7 Å². The molecule has 6 heteroatoms. The van der Waals surface area contributed by atoms with Crippen molar-refractivity contribution in [3.8, 4) is 5.75 Å². The normalized spacial score (nSPS) is 19.7. The summed E-state index contributed by atoms with van der Waals surface area (Å²) in [5, 5.41) is 4.32. The predicted molar refractivity (Wildman–Crippen MR) is 87.9 cm³/mol. The molecule has 1 saturated carbocycles. The molecule has 1 aliphatic carbocycles. The van der Waals surface area contributed by atoms with Crippen LogP contribution in [0.25, 0.3) is 0 Å². The average molecular weight is 333 g/mol. The molecule has 1 aromatic carbocycles. The van der Waals surface area contributed by atoms with Crippen LogP contribution in [-0.4, -0.2) is 18.7 Å². The minimum atomic E-state index is -0.372. The summed E-state index contributed by atoms with van der Waals surface area (Å²) in [6.07, 6.45) is 2.64. The maximum absolute atomic E-state index is 11.7. The summed E-state index contributed by atoms with van der Waals surface area (Å²) in [4.78, 5) is 11.7. The van der Waals surface area contributed by atoms with Crippen molar-refractivity contribution in [3.05, 3.63) is 52.9 Å². The Morgan fingerprint density at radius 2 is 2.22 bits per heavy atom. The molecular formula is C17H17ClN2O3. The first-order valence-corrected chi connectivity index (χ1v) is 7.80. The standard InChI is InChI=1S/C17H17ClN2O3/c1-11-8-13(11)15-7-6-12(23-15)9-19-20-17(21)10-22-16-5-3-2-4-14(16)18/h2-7,9,11,13H,8,10H2,1H3,(H,20,21)/b19-9-/t11-,13-/m1/s1. The number of benzene rings is 1. The summed E-state index contributed by atoms with van der Waals surface area (Å²) in [5.41, 5.74) is 2.39. The summed E-state index contributed by atoms with van der Waals surface area (Å²) in [5.74, 6) is 2.90. The lowest BCUT2D eigenvalue weighted by atomic mass is 10.3. The van der Waals surface area contributed by atoms with Crippen LogP contribution in [0.2, 0.25) is 5.02 Å². The van der Waals surface area contributed by atoms with Gasteiger partial charge in [0.05, 0.1) is 11.2 Å². The number of amides is 1. The molecule has 1 heterocycles. The first kappa shape index (κ1) is 15.6. The summed E-state index contributed by atoms with van der Waals surface area (Å²) in [6, 6.07) is 10.8. The van der Waals surface area contributed by atoms with Crippen molar-refractivity contribution < 1.29 is 13.9 Å². The van der Waals surface area contributed by atoms with Crippen LogP contribution in [0, 0.1) is 5.92 Å². The van der Waals surface area contributed by atoms with E-state index in [-0.39, 0.29) is 12.5 Å². The van der Waals surface area contributed by atoms with Gasteiger partial charge in [0.15, 0.2) is 6.61 Å². The number of nitrogens with zero attached hydrogens (tertiary/aromatic N) is 1. The molecule has 2 atom stereocenters. The zero-order chi connectivity index (χ0) is 16.2. The lowest BCUT2D eigenvalue weighted by Crippen LogP contribution is -2.24. The monoisotopic (exact) mass is 332 g/mol. The van der Waals surface area contributed by atoms with Crippen LogP contribution in [0.15, 0.2) is 45.9 Å². The fourth-order valence-corrected chi connectivity index (χ4v) is 2.45. The fraction of sp³-hybridized carbons (Fsp3) is 0.294. The number of hydrogen-bond donors (Lipinski definition) is 1. The highest BCUT2D eigenvalue weighted by molar-refractivity contribution is 6.32. The van der Waals surface area contributed by atoms with E-state index in [0.717, 1.165) is 5.76 Å². The summed E-state index contributed by atoms with van der Waals surface area (Å²) in [6.45, 7) is 2.03. The van der Waals surface area contributed by atoms with E-state index >= 15 is 0 Å². The molecule has 0 radical (unpaired) electrons. The summed E-state index contributed by atoms with van der Waals surface area (Å²) in [7, 11) is 0. The van der Waals surface area contributed by atoms with Gasteiger partial charge in [-0.3, -0.25) is 4.79 Å². The first-order valence-electron chi connectivity index (χ1n) is 7.42. The highest BCUT2D eigenvalue weighted by Crippen LogP contribution is 2.47. The molecule has 2 aromatic rings. The van der Waals surface area contributed by atoms with Crippen LogP contribution < -0.4 is 10.2 Å². The molecule has 1 aromatic heterocycles. The molecule has 1 amide bonds. The lowest BCUT2D eigenvalue weighted by Gasteiger charge is -2.05. The molecule has 3 rings (SSSR count). The molecule has 5 nitrogen and oxygen atoms in total. The van der Waals surface area contributed by atoms with Gasteiger partial charge < -0.3 is 9.15 Å². The number of hydrazone groups is 1. The van der Waals surface area contributed by atoms with Gasteiger partial charge in [-0.15, -0.1) is 0 Å². The van der Waals surface area contributed by atoms with Crippen LogP contribution in [0.4, 0.5) is 0 Å². The van der Waals surface area contributed by atoms with Crippen molar-refractivity contribution in [3.63, 3.8) is 0 Å². The Morgan fingerprint density at radius 1 is 1.43 bits per heavy atom. The average Bonchev–Trinajstić information content (AvgIpc) is 3.08. The molecule has 23 heavy (non-hydrogen) atoms. The maximum Gasteiger partial charge on any atom is 0.277 e. The van der Waals surface area contributed by atoms with Crippen LogP contribution in [0.3, 0.4) is 0 Å². The molecule has 1 fully saturated rings. The molecular weight excluding hydrogens is 316 g/mol. The van der Waals surface area contributed by atoms with Crippen molar-refractivity contribution in [1.29, 1.82) is 0 Å². The predicted octanol–water partition coefficient (Wildman–Crippen LogP) is 3.59. The minimum absolute atomic E-state index is 0.163. The Kier molecular flexibility index (Phi) is 4.67. The molecule has 0 saturated heterocycles. The van der Waals surface area contributed by atoms with Gasteiger partial charge in [0.1, 0.15) is 17.3 Å². The number of rotatable bonds is 6. The van der Waals surface area contributed by atoms with Crippen molar-refractivity contribution in [2.45, 2.75) is 19.3 Å². The quantitative estimate of drug-likeness (QED) is 0.649. The zero-order valence-electron chi connectivity index (χ0n) is 12.7. The Morgan fingerprint density at radius 3 is 2.96 bits per heavy atom. The number of nitrogens with one attached hydrogen (secondary N) is 1. The molecule has 1 N–H and O–H groups in total. The number of furan rings is 1. The lowest BCUT2D eigenvalue weighted by molar-refractivity contribution is -0.123. The third-order valence-corrected chi connectivity index (χ3v) is 4.01. The van der Waals surface area contributed by atoms with E-state index in [1.165, 1.54) is 12.6 Å². The number of hydrogen-bond acceptors (Lipinski definition) is 4. The smallest absolute Gasteiger partial charge is 0.277 e. The van der Waals surface area contributed by atoms with E-state index < -0.39 is 0 Å². The topological polar surface area (TPSA) is 63.8 Å². The first-order chi connectivity index (χ1) is 11.1. The summed E-state index contributed by atoms with van der Waals surface area (Å²) >= 11 is 5.94. The van der Waals surface area contributed by atoms with Crippen LogP contribution in [0.1, 0.15) is 30.8 Å². The van der Waals surface area contributed by atoms with Gasteiger partial charge in [-0.25, -0.2) is 5.43 Å². The highest BCUT2D eigenvalue weighted by atomic mass is 35.5. The molecule has 0 aliphatic heterocycles. The zero-order valence-corrected chi connectivity index (χ0v) is 13.4. The minimum Gasteiger partial charge on any atom is -0.482 e. The van der Waals surface area contributed by atoms with Gasteiger partial charge in [-0.05, 0) is 36.6 Å². The number of ether oxygens (including phenoxy) is 1. The third kappa shape index (κ3) is 4.13. The SMILES string of the molecule is C[C@@H]1C[C@H]1c1ccc(/C=N\NC(=O)COc2ccccc2Cl)o1. The Bertz CT molecular complexity index is 726. The second-order valence-electron chi connectivity index (χ2n) is 5.57. The Labute approximate surface area is 139 Å².